The van der Waals surface area contributed by atoms with Gasteiger partial charge in [0.2, 0.25) is 5.91 Å². The minimum Gasteiger partial charge on any atom is -0.491 e. The van der Waals surface area contributed by atoms with Gasteiger partial charge in [0, 0.05) is 25.9 Å². The van der Waals surface area contributed by atoms with E-state index in [-0.39, 0.29) is 12.0 Å². The monoisotopic (exact) mass is 325 g/mol. The second-order valence-electron chi connectivity index (χ2n) is 5.14. The summed E-state index contributed by atoms with van der Waals surface area (Å²) in [5, 5.41) is 16.7. The molecule has 3 N–H and O–H groups in total. The van der Waals surface area contributed by atoms with Gasteiger partial charge in [0.25, 0.3) is 0 Å². The zero-order valence-corrected chi connectivity index (χ0v) is 13.2. The van der Waals surface area contributed by atoms with E-state index < -0.39 is 0 Å². The van der Waals surface area contributed by atoms with Gasteiger partial charge in [0.15, 0.2) is 0 Å². The Hall–Kier alpha value is -1.63. The molecule has 0 aromatic heterocycles. The van der Waals surface area contributed by atoms with E-state index in [9.17, 15) is 4.79 Å². The highest BCUT2D eigenvalue weighted by atomic mass is 35.5. The molecule has 1 aliphatic heterocycles. The molecule has 1 aromatic carbocycles. The van der Waals surface area contributed by atoms with Crippen LogP contribution >= 0.6 is 11.6 Å². The summed E-state index contributed by atoms with van der Waals surface area (Å²) in [6.45, 7) is 3.34. The summed E-state index contributed by atoms with van der Waals surface area (Å²) < 4.78 is 5.59. The molecule has 0 unspecified atom stereocenters. The zero-order chi connectivity index (χ0) is 15.9. The minimum atomic E-state index is -0.375. The van der Waals surface area contributed by atoms with Gasteiger partial charge in [-0.1, -0.05) is 11.6 Å². The predicted molar refractivity (Wildman–Crippen MR) is 85.4 cm³/mol. The van der Waals surface area contributed by atoms with E-state index in [1.165, 1.54) is 0 Å². The summed E-state index contributed by atoms with van der Waals surface area (Å²) in [6, 6.07) is 5.46. The molecule has 0 radical (unpaired) electrons. The van der Waals surface area contributed by atoms with Crippen molar-refractivity contribution in [2.75, 3.05) is 19.7 Å². The first-order valence-electron chi connectivity index (χ1n) is 7.23. The largest absolute Gasteiger partial charge is 0.491 e. The lowest BCUT2D eigenvalue weighted by Gasteiger charge is -2.14. The van der Waals surface area contributed by atoms with Crippen molar-refractivity contribution < 1.29 is 14.6 Å². The molecule has 0 spiro atoms. The Bertz CT molecular complexity index is 561. The van der Waals surface area contributed by atoms with Crippen LogP contribution in [-0.2, 0) is 4.79 Å². The van der Waals surface area contributed by atoms with Gasteiger partial charge in [-0.2, -0.15) is 5.10 Å². The quantitative estimate of drug-likeness (QED) is 0.660. The van der Waals surface area contributed by atoms with Gasteiger partial charge in [-0.3, -0.25) is 4.79 Å². The number of ether oxygens (including phenoxy) is 1. The van der Waals surface area contributed by atoms with Crippen molar-refractivity contribution in [3.8, 4) is 5.75 Å². The van der Waals surface area contributed by atoms with E-state index in [1.807, 2.05) is 6.07 Å². The molecule has 1 atom stereocenters. The molecule has 0 fully saturated rings. The molecule has 1 aliphatic rings. The number of halogens is 1. The van der Waals surface area contributed by atoms with Crippen LogP contribution in [0.25, 0.3) is 0 Å². The molecule has 0 saturated carbocycles. The highest BCUT2D eigenvalue weighted by Crippen LogP contribution is 2.26. The van der Waals surface area contributed by atoms with Gasteiger partial charge >= 0.3 is 0 Å². The van der Waals surface area contributed by atoms with Gasteiger partial charge in [-0.25, -0.2) is 5.43 Å². The molecular weight excluding hydrogens is 306 g/mol. The number of benzene rings is 1. The van der Waals surface area contributed by atoms with Crippen LogP contribution in [0.2, 0.25) is 5.02 Å². The Morgan fingerprint density at radius 2 is 2.32 bits per heavy atom. The molecule has 0 aliphatic carbocycles. The van der Waals surface area contributed by atoms with E-state index in [4.69, 9.17) is 21.4 Å². The second kappa shape index (κ2) is 8.12. The van der Waals surface area contributed by atoms with Gasteiger partial charge < -0.3 is 15.2 Å². The fourth-order valence-electron chi connectivity index (χ4n) is 2.02. The number of rotatable bonds is 7. The van der Waals surface area contributed by atoms with Gasteiger partial charge in [0.05, 0.1) is 16.8 Å². The van der Waals surface area contributed by atoms with Crippen LogP contribution < -0.4 is 15.5 Å². The van der Waals surface area contributed by atoms with Gasteiger partial charge in [-0.15, -0.1) is 0 Å². The summed E-state index contributed by atoms with van der Waals surface area (Å²) in [5.41, 5.74) is 4.16. The second-order valence-corrected chi connectivity index (χ2v) is 5.55. The molecule has 0 saturated heterocycles. The lowest BCUT2D eigenvalue weighted by Crippen LogP contribution is -2.28. The normalized spacial score (nSPS) is 16.0. The highest BCUT2D eigenvalue weighted by Gasteiger charge is 2.14. The fourth-order valence-corrected chi connectivity index (χ4v) is 2.26. The Morgan fingerprint density at radius 1 is 1.50 bits per heavy atom. The molecular formula is C15H20ClN3O3. The van der Waals surface area contributed by atoms with Crippen LogP contribution in [-0.4, -0.2) is 42.5 Å². The Labute approximate surface area is 134 Å². The zero-order valence-electron chi connectivity index (χ0n) is 12.4. The maximum atomic E-state index is 11.1. The van der Waals surface area contributed by atoms with Crippen molar-refractivity contribution >= 4 is 23.2 Å². The summed E-state index contributed by atoms with van der Waals surface area (Å²) in [4.78, 5) is 11.1. The average Bonchev–Trinajstić information content (AvgIpc) is 2.49. The van der Waals surface area contributed by atoms with E-state index in [0.29, 0.717) is 43.3 Å². The number of hydrogen-bond acceptors (Lipinski definition) is 5. The summed E-state index contributed by atoms with van der Waals surface area (Å²) in [5.74, 6) is 0.532. The molecule has 6 nitrogen and oxygen atoms in total. The van der Waals surface area contributed by atoms with Crippen LogP contribution in [0.1, 0.15) is 25.3 Å². The third-order valence-corrected chi connectivity index (χ3v) is 3.44. The van der Waals surface area contributed by atoms with Gasteiger partial charge in [0.1, 0.15) is 12.4 Å². The first-order chi connectivity index (χ1) is 10.6. The molecule has 120 valence electrons. The SMILES string of the molecule is C[C@H](O)CNCCOc1ccc(C2=NNC(=O)CC2)cc1Cl. The van der Waals surface area contributed by atoms with Crippen molar-refractivity contribution in [2.24, 2.45) is 5.10 Å². The fraction of sp³-hybridized carbons (Fsp3) is 0.467. The van der Waals surface area contributed by atoms with Crippen LogP contribution in [0.15, 0.2) is 23.3 Å². The van der Waals surface area contributed by atoms with E-state index in [2.05, 4.69) is 15.8 Å². The standard InChI is InChI=1S/C15H20ClN3O3/c1-10(20)9-17-6-7-22-14-4-2-11(8-12(14)16)13-3-5-15(21)19-18-13/h2,4,8,10,17,20H,3,5-7,9H2,1H3,(H,19,21)/t10-/m0/s1. The van der Waals surface area contributed by atoms with Crippen molar-refractivity contribution in [3.63, 3.8) is 0 Å². The molecule has 1 amide bonds. The Balaban J connectivity index is 1.88. The van der Waals surface area contributed by atoms with E-state index in [1.54, 1.807) is 19.1 Å². The molecule has 2 rings (SSSR count). The number of amides is 1. The summed E-state index contributed by atoms with van der Waals surface area (Å²) >= 11 is 6.21. The number of aliphatic hydroxyl groups excluding tert-OH is 1. The number of carbonyl (C=O) groups is 1. The summed E-state index contributed by atoms with van der Waals surface area (Å²) in [7, 11) is 0. The number of carbonyl (C=O) groups excluding carboxylic acids is 1. The van der Waals surface area contributed by atoms with Crippen LogP contribution in [0.5, 0.6) is 5.75 Å². The van der Waals surface area contributed by atoms with Crippen molar-refractivity contribution in [1.82, 2.24) is 10.7 Å². The van der Waals surface area contributed by atoms with Crippen LogP contribution in [0.3, 0.4) is 0 Å². The van der Waals surface area contributed by atoms with Crippen LogP contribution in [0.4, 0.5) is 0 Å². The molecule has 0 bridgehead atoms. The first kappa shape index (κ1) is 16.7. The molecule has 1 heterocycles. The smallest absolute Gasteiger partial charge is 0.240 e. The van der Waals surface area contributed by atoms with E-state index in [0.717, 1.165) is 11.3 Å². The molecule has 1 aromatic rings. The number of nitrogens with one attached hydrogen (secondary N) is 2. The van der Waals surface area contributed by atoms with Crippen molar-refractivity contribution in [2.45, 2.75) is 25.9 Å². The highest BCUT2D eigenvalue weighted by molar-refractivity contribution is 6.32. The lowest BCUT2D eigenvalue weighted by atomic mass is 10.0. The predicted octanol–water partition coefficient (Wildman–Crippen LogP) is 1.30. The number of nitrogens with zero attached hydrogens (tertiary/aromatic N) is 1. The van der Waals surface area contributed by atoms with Crippen LogP contribution in [0, 0.1) is 0 Å². The molecule has 7 heteroatoms. The maximum absolute atomic E-state index is 11.1. The third kappa shape index (κ3) is 4.98. The maximum Gasteiger partial charge on any atom is 0.240 e. The van der Waals surface area contributed by atoms with Crippen molar-refractivity contribution in [1.29, 1.82) is 0 Å². The summed E-state index contributed by atoms with van der Waals surface area (Å²) in [6.07, 6.45) is 0.662. The number of hydrogen-bond donors (Lipinski definition) is 3. The number of hydrazone groups is 1. The first-order valence-corrected chi connectivity index (χ1v) is 7.61. The number of aliphatic hydroxyl groups is 1. The van der Waals surface area contributed by atoms with Gasteiger partial charge in [-0.05, 0) is 30.7 Å². The average molecular weight is 326 g/mol. The Kier molecular flexibility index (Phi) is 6.18. The lowest BCUT2D eigenvalue weighted by molar-refractivity contribution is -0.121. The topological polar surface area (TPSA) is 82.9 Å². The molecule has 22 heavy (non-hydrogen) atoms. The van der Waals surface area contributed by atoms with E-state index >= 15 is 0 Å². The third-order valence-electron chi connectivity index (χ3n) is 3.15. The Morgan fingerprint density at radius 3 is 2.95 bits per heavy atom. The van der Waals surface area contributed by atoms with Crippen molar-refractivity contribution in [3.05, 3.63) is 28.8 Å². The minimum absolute atomic E-state index is 0.0699.